The molecule has 1 aromatic heterocycles. The minimum Gasteiger partial charge on any atom is -0.497 e. The van der Waals surface area contributed by atoms with Gasteiger partial charge >= 0.3 is 11.3 Å². The number of ether oxygens (including phenoxy) is 1. The van der Waals surface area contributed by atoms with Gasteiger partial charge in [-0.3, -0.25) is 14.6 Å². The van der Waals surface area contributed by atoms with Crippen LogP contribution in [0.3, 0.4) is 0 Å². The Morgan fingerprint density at radius 3 is 2.80 bits per heavy atom. The molecule has 30 heavy (non-hydrogen) atoms. The van der Waals surface area contributed by atoms with Gasteiger partial charge in [-0.15, -0.1) is 0 Å². The number of H-pyrrole nitrogens is 1. The van der Waals surface area contributed by atoms with Gasteiger partial charge in [-0.05, 0) is 47.7 Å². The van der Waals surface area contributed by atoms with Crippen LogP contribution < -0.4 is 19.9 Å². The molecule has 154 valence electrons. The van der Waals surface area contributed by atoms with Crippen LogP contribution in [-0.4, -0.2) is 29.4 Å². The lowest BCUT2D eigenvalue weighted by atomic mass is 10.0. The highest BCUT2D eigenvalue weighted by Gasteiger charge is 2.45. The molecule has 0 aliphatic carbocycles. The second kappa shape index (κ2) is 8.31. The summed E-state index contributed by atoms with van der Waals surface area (Å²) in [5.41, 5.74) is 2.38. The van der Waals surface area contributed by atoms with Gasteiger partial charge in [0.15, 0.2) is 0 Å². The summed E-state index contributed by atoms with van der Waals surface area (Å²) in [4.78, 5) is 30.9. The molecule has 1 N–H and O–H groups in total. The van der Waals surface area contributed by atoms with E-state index in [4.69, 9.17) is 4.74 Å². The van der Waals surface area contributed by atoms with Crippen LogP contribution in [0.5, 0.6) is 5.75 Å². The number of benzene rings is 2. The average Bonchev–Trinajstić information content (AvgIpc) is 2.77. The second-order valence-electron chi connectivity index (χ2n) is 6.94. The van der Waals surface area contributed by atoms with E-state index >= 15 is 0 Å². The zero-order chi connectivity index (χ0) is 21.3. The largest absolute Gasteiger partial charge is 0.497 e. The topological polar surface area (TPSA) is 79.2 Å². The van der Waals surface area contributed by atoms with Crippen molar-refractivity contribution in [2.45, 2.75) is 31.1 Å². The quantitative estimate of drug-likeness (QED) is 0.504. The summed E-state index contributed by atoms with van der Waals surface area (Å²) in [7, 11) is 1.60. The lowest BCUT2D eigenvalue weighted by Gasteiger charge is -2.32. The maximum Gasteiger partial charge on any atom is 0.325 e. The predicted molar refractivity (Wildman–Crippen MR) is 116 cm³/mol. The maximum absolute atomic E-state index is 13.3. The molecule has 1 atom stereocenters. The van der Waals surface area contributed by atoms with Gasteiger partial charge in [0.25, 0.3) is 6.17 Å². The number of fused-ring (bicyclic) bond motifs is 3. The van der Waals surface area contributed by atoms with Crippen LogP contribution in [0.15, 0.2) is 58.5 Å². The first-order valence-corrected chi connectivity index (χ1v) is 11.0. The van der Waals surface area contributed by atoms with Crippen LogP contribution >= 0.6 is 11.8 Å². The lowest BCUT2D eigenvalue weighted by Crippen LogP contribution is -2.60. The summed E-state index contributed by atoms with van der Waals surface area (Å²) in [6.07, 6.45) is 2.36. The first-order chi connectivity index (χ1) is 14.6. The third-order valence-corrected chi connectivity index (χ3v) is 5.65. The number of aromatic nitrogens is 3. The van der Waals surface area contributed by atoms with E-state index in [9.17, 15) is 9.59 Å². The Bertz CT molecular complexity index is 1160. The van der Waals surface area contributed by atoms with Gasteiger partial charge in [-0.1, -0.05) is 36.9 Å². The van der Waals surface area contributed by atoms with E-state index in [0.717, 1.165) is 12.0 Å². The van der Waals surface area contributed by atoms with Crippen molar-refractivity contribution in [3.8, 4) is 17.0 Å². The van der Waals surface area contributed by atoms with E-state index in [1.54, 1.807) is 16.7 Å². The summed E-state index contributed by atoms with van der Waals surface area (Å²) < 4.78 is 7.07. The van der Waals surface area contributed by atoms with Crippen molar-refractivity contribution >= 4 is 23.4 Å². The SMILES string of the molecule is CCCC(=O)N1c2ccccc2-c2c(=O)[nH]c(SC)n[n+]2[C@H]1c1cccc(OC)c1. The molecule has 0 spiro atoms. The summed E-state index contributed by atoms with van der Waals surface area (Å²) in [6.45, 7) is 1.98. The monoisotopic (exact) mass is 423 g/mol. The van der Waals surface area contributed by atoms with E-state index in [1.165, 1.54) is 11.8 Å². The lowest BCUT2D eigenvalue weighted by molar-refractivity contribution is -0.763. The smallest absolute Gasteiger partial charge is 0.325 e. The minimum absolute atomic E-state index is 0.0243. The normalized spacial score (nSPS) is 14.8. The predicted octanol–water partition coefficient (Wildman–Crippen LogP) is 3.15. The zero-order valence-electron chi connectivity index (χ0n) is 17.1. The highest BCUT2D eigenvalue weighted by atomic mass is 32.2. The number of carbonyl (C=O) groups excluding carboxylic acids is 1. The highest BCUT2D eigenvalue weighted by Crippen LogP contribution is 2.38. The molecule has 0 saturated heterocycles. The Hall–Kier alpha value is -3.13. The maximum atomic E-state index is 13.3. The van der Waals surface area contributed by atoms with Crippen LogP contribution in [0.4, 0.5) is 5.69 Å². The number of amides is 1. The number of nitrogens with zero attached hydrogens (tertiary/aromatic N) is 3. The second-order valence-corrected chi connectivity index (χ2v) is 7.73. The number of hydrogen-bond acceptors (Lipinski definition) is 5. The number of thioether (sulfide) groups is 1. The van der Waals surface area contributed by atoms with Gasteiger partial charge in [0.1, 0.15) is 5.75 Å². The van der Waals surface area contributed by atoms with Crippen molar-refractivity contribution in [3.05, 3.63) is 64.4 Å². The van der Waals surface area contributed by atoms with Crippen LogP contribution in [0.1, 0.15) is 31.5 Å². The minimum atomic E-state index is -0.600. The number of hydrogen-bond donors (Lipinski definition) is 1. The molecule has 0 radical (unpaired) electrons. The van der Waals surface area contributed by atoms with Gasteiger partial charge in [-0.2, -0.15) is 0 Å². The van der Waals surface area contributed by atoms with Crippen molar-refractivity contribution < 1.29 is 14.2 Å². The van der Waals surface area contributed by atoms with Crippen molar-refractivity contribution in [1.82, 2.24) is 10.1 Å². The van der Waals surface area contributed by atoms with Gasteiger partial charge in [0, 0.05) is 17.1 Å². The molecule has 4 rings (SSSR count). The molecule has 0 saturated carbocycles. The fraction of sp³-hybridized carbons (Fsp3) is 0.273. The molecule has 0 fully saturated rings. The molecule has 0 bridgehead atoms. The van der Waals surface area contributed by atoms with Gasteiger partial charge in [-0.25, -0.2) is 4.90 Å². The van der Waals surface area contributed by atoms with E-state index in [2.05, 4.69) is 10.1 Å². The summed E-state index contributed by atoms with van der Waals surface area (Å²) in [5.74, 6) is 0.648. The first kappa shape index (κ1) is 20.2. The number of para-hydroxylation sites is 1. The molecule has 8 heteroatoms. The van der Waals surface area contributed by atoms with Crippen molar-refractivity contribution in [3.63, 3.8) is 0 Å². The van der Waals surface area contributed by atoms with Crippen molar-refractivity contribution in [2.75, 3.05) is 18.3 Å². The number of anilines is 1. The van der Waals surface area contributed by atoms with E-state index in [1.807, 2.05) is 61.7 Å². The Labute approximate surface area is 178 Å². The number of rotatable bonds is 5. The highest BCUT2D eigenvalue weighted by molar-refractivity contribution is 7.98. The third kappa shape index (κ3) is 3.37. The van der Waals surface area contributed by atoms with E-state index in [0.29, 0.717) is 34.3 Å². The van der Waals surface area contributed by atoms with Gasteiger partial charge in [0.2, 0.25) is 11.1 Å². The third-order valence-electron chi connectivity index (χ3n) is 5.08. The molecule has 1 amide bonds. The Kier molecular flexibility index (Phi) is 5.59. The Morgan fingerprint density at radius 2 is 2.07 bits per heavy atom. The number of methoxy groups -OCH3 is 1. The Balaban J connectivity index is 2.06. The fourth-order valence-corrected chi connectivity index (χ4v) is 4.13. The van der Waals surface area contributed by atoms with Crippen LogP contribution in [0.2, 0.25) is 0 Å². The molecule has 2 heterocycles. The first-order valence-electron chi connectivity index (χ1n) is 9.74. The molecular weight excluding hydrogens is 400 g/mol. The molecule has 7 nitrogen and oxygen atoms in total. The summed E-state index contributed by atoms with van der Waals surface area (Å²) >= 11 is 1.35. The van der Waals surface area contributed by atoms with E-state index in [-0.39, 0.29) is 11.5 Å². The van der Waals surface area contributed by atoms with Crippen LogP contribution in [-0.2, 0) is 4.79 Å². The molecule has 2 aromatic carbocycles. The molecule has 1 aliphatic rings. The van der Waals surface area contributed by atoms with Gasteiger partial charge in [0.05, 0.1) is 18.4 Å². The molecule has 3 aromatic rings. The fourth-order valence-electron chi connectivity index (χ4n) is 3.77. The average molecular weight is 424 g/mol. The number of carbonyl (C=O) groups is 1. The standard InChI is InChI=1S/C22H22N4O3S/c1-4-8-18(27)25-17-12-6-5-11-16(17)19-20(28)23-22(30-3)24-26(19)21(25)14-9-7-10-15(13-14)29-2/h5-7,9-13,21H,4,8H2,1-3H3/p+1/t21-/m0/s1. The van der Waals surface area contributed by atoms with Crippen molar-refractivity contribution in [1.29, 1.82) is 0 Å². The Morgan fingerprint density at radius 1 is 1.27 bits per heavy atom. The molecular formula is C22H23N4O3S+. The molecule has 1 aliphatic heterocycles. The van der Waals surface area contributed by atoms with Crippen LogP contribution in [0.25, 0.3) is 11.3 Å². The van der Waals surface area contributed by atoms with Gasteiger partial charge < -0.3 is 4.74 Å². The zero-order valence-corrected chi connectivity index (χ0v) is 17.9. The molecule has 0 unspecified atom stereocenters. The van der Waals surface area contributed by atoms with Crippen molar-refractivity contribution in [2.24, 2.45) is 0 Å². The van der Waals surface area contributed by atoms with E-state index < -0.39 is 6.17 Å². The van der Waals surface area contributed by atoms with Crippen LogP contribution in [0, 0.1) is 0 Å². The summed E-state index contributed by atoms with van der Waals surface area (Å²) in [5, 5.41) is 5.17. The number of nitrogens with one attached hydrogen (secondary N) is 1. The summed E-state index contributed by atoms with van der Waals surface area (Å²) in [6, 6.07) is 15.0. The number of aromatic amines is 1.